The van der Waals surface area contributed by atoms with Crippen LogP contribution in [0.1, 0.15) is 32.1 Å². The smallest absolute Gasteiger partial charge is 0.261 e. The van der Waals surface area contributed by atoms with Gasteiger partial charge in [-0.3, -0.25) is 4.90 Å². The van der Waals surface area contributed by atoms with E-state index < -0.39 is 13.0 Å². The van der Waals surface area contributed by atoms with Crippen LogP contribution in [0.2, 0.25) is 0 Å². The lowest BCUT2D eigenvalue weighted by molar-refractivity contribution is 0.00213. The molecule has 3 nitrogen and oxygen atoms in total. The largest absolute Gasteiger partial charge is 0.374 e. The number of hydrogen-bond acceptors (Lipinski definition) is 3. The zero-order valence-corrected chi connectivity index (χ0v) is 11.0. The first-order chi connectivity index (χ1) is 8.70. The molecule has 0 bridgehead atoms. The van der Waals surface area contributed by atoms with Crippen LogP contribution in [0.25, 0.3) is 0 Å². The van der Waals surface area contributed by atoms with E-state index >= 15 is 0 Å². The summed E-state index contributed by atoms with van der Waals surface area (Å²) in [5.41, 5.74) is 0.291. The quantitative estimate of drug-likeness (QED) is 0.766. The molecule has 2 rings (SSSR count). The van der Waals surface area contributed by atoms with Gasteiger partial charge in [-0.2, -0.15) is 0 Å². The van der Waals surface area contributed by atoms with Gasteiger partial charge in [0.05, 0.1) is 6.61 Å². The Balaban J connectivity index is 1.69. The molecule has 0 radical (unpaired) electrons. The first kappa shape index (κ1) is 14.2. The second-order valence-electron chi connectivity index (χ2n) is 5.51. The van der Waals surface area contributed by atoms with Gasteiger partial charge in [-0.1, -0.05) is 19.3 Å². The summed E-state index contributed by atoms with van der Waals surface area (Å²) in [4.78, 5) is 2.35. The molecule has 1 heterocycles. The van der Waals surface area contributed by atoms with E-state index in [9.17, 15) is 8.78 Å². The number of nitrogens with one attached hydrogen (secondary N) is 1. The average Bonchev–Trinajstić information content (AvgIpc) is 2.36. The van der Waals surface area contributed by atoms with Crippen molar-refractivity contribution >= 4 is 0 Å². The highest BCUT2D eigenvalue weighted by molar-refractivity contribution is 4.96. The molecular weight excluding hydrogens is 238 g/mol. The molecule has 0 amide bonds. The van der Waals surface area contributed by atoms with E-state index in [1.54, 1.807) is 0 Å². The molecule has 18 heavy (non-hydrogen) atoms. The van der Waals surface area contributed by atoms with Crippen molar-refractivity contribution in [1.82, 2.24) is 10.2 Å². The molecule has 0 aromatic rings. The maximum Gasteiger partial charge on any atom is 0.261 e. The van der Waals surface area contributed by atoms with Crippen LogP contribution < -0.4 is 5.32 Å². The second-order valence-corrected chi connectivity index (χ2v) is 5.51. The van der Waals surface area contributed by atoms with E-state index in [1.165, 1.54) is 32.1 Å². The van der Waals surface area contributed by atoms with E-state index in [-0.39, 0.29) is 0 Å². The summed E-state index contributed by atoms with van der Waals surface area (Å²) >= 11 is 0. The van der Waals surface area contributed by atoms with Crippen LogP contribution in [-0.4, -0.2) is 56.3 Å². The first-order valence-electron chi connectivity index (χ1n) is 7.03. The molecule has 2 fully saturated rings. The van der Waals surface area contributed by atoms with Crippen molar-refractivity contribution in [3.63, 3.8) is 0 Å². The van der Waals surface area contributed by atoms with Crippen LogP contribution in [0.15, 0.2) is 0 Å². The van der Waals surface area contributed by atoms with E-state index in [4.69, 9.17) is 4.74 Å². The Labute approximate surface area is 108 Å². The summed E-state index contributed by atoms with van der Waals surface area (Å²) in [5, 5.41) is 3.67. The molecular formula is C13H24F2N2O. The summed E-state index contributed by atoms with van der Waals surface area (Å²) in [6.07, 6.45) is 4.12. The molecule has 0 aromatic carbocycles. The van der Waals surface area contributed by atoms with Crippen LogP contribution in [0.4, 0.5) is 8.78 Å². The number of nitrogens with zero attached hydrogens (tertiary/aromatic N) is 1. The Kier molecular flexibility index (Phi) is 5.33. The summed E-state index contributed by atoms with van der Waals surface area (Å²) in [6.45, 7) is 3.81. The molecule has 1 spiro atoms. The number of hydrogen-bond donors (Lipinski definition) is 1. The number of ether oxygens (including phenoxy) is 1. The lowest BCUT2D eigenvalue weighted by Crippen LogP contribution is -2.61. The Morgan fingerprint density at radius 1 is 1.22 bits per heavy atom. The third kappa shape index (κ3) is 4.14. The van der Waals surface area contributed by atoms with Crippen molar-refractivity contribution in [3.8, 4) is 0 Å². The van der Waals surface area contributed by atoms with Gasteiger partial charge in [-0.25, -0.2) is 8.78 Å². The SMILES string of the molecule is FC(F)COCCN1CCNC2(CCCCC2)C1. The maximum atomic E-state index is 11.9. The van der Waals surface area contributed by atoms with Crippen LogP contribution in [0.3, 0.4) is 0 Å². The molecule has 0 unspecified atom stereocenters. The highest BCUT2D eigenvalue weighted by atomic mass is 19.3. The minimum absolute atomic E-state index is 0.291. The number of piperazine rings is 1. The first-order valence-corrected chi connectivity index (χ1v) is 7.03. The zero-order chi connectivity index (χ0) is 12.8. The molecule has 0 aromatic heterocycles. The monoisotopic (exact) mass is 262 g/mol. The van der Waals surface area contributed by atoms with Gasteiger partial charge in [-0.05, 0) is 12.8 Å². The van der Waals surface area contributed by atoms with Crippen LogP contribution in [0.5, 0.6) is 0 Å². The van der Waals surface area contributed by atoms with E-state index in [0.717, 1.165) is 26.2 Å². The number of alkyl halides is 2. The van der Waals surface area contributed by atoms with Crippen molar-refractivity contribution in [3.05, 3.63) is 0 Å². The van der Waals surface area contributed by atoms with Gasteiger partial charge in [0.2, 0.25) is 0 Å². The zero-order valence-electron chi connectivity index (χ0n) is 11.0. The lowest BCUT2D eigenvalue weighted by atomic mass is 9.80. The highest BCUT2D eigenvalue weighted by Gasteiger charge is 2.35. The van der Waals surface area contributed by atoms with Gasteiger partial charge in [0.15, 0.2) is 0 Å². The van der Waals surface area contributed by atoms with E-state index in [2.05, 4.69) is 10.2 Å². The van der Waals surface area contributed by atoms with Gasteiger partial charge in [0.1, 0.15) is 6.61 Å². The Morgan fingerprint density at radius 2 is 2.00 bits per heavy atom. The van der Waals surface area contributed by atoms with Crippen LogP contribution in [-0.2, 0) is 4.74 Å². The summed E-state index contributed by atoms with van der Waals surface area (Å²) in [7, 11) is 0. The molecule has 1 saturated carbocycles. The normalized spacial score (nSPS) is 24.8. The van der Waals surface area contributed by atoms with Gasteiger partial charge in [0.25, 0.3) is 6.43 Å². The number of halogens is 2. The fraction of sp³-hybridized carbons (Fsp3) is 1.00. The van der Waals surface area contributed by atoms with Gasteiger partial charge in [-0.15, -0.1) is 0 Å². The third-order valence-corrected chi connectivity index (χ3v) is 4.06. The number of rotatable bonds is 5. The second kappa shape index (κ2) is 6.78. The topological polar surface area (TPSA) is 24.5 Å². The van der Waals surface area contributed by atoms with E-state index in [0.29, 0.717) is 12.1 Å². The Hall–Kier alpha value is -0.260. The van der Waals surface area contributed by atoms with Crippen LogP contribution in [0, 0.1) is 0 Å². The molecule has 1 saturated heterocycles. The van der Waals surface area contributed by atoms with Crippen molar-refractivity contribution < 1.29 is 13.5 Å². The summed E-state index contributed by atoms with van der Waals surface area (Å²) < 4.78 is 28.8. The third-order valence-electron chi connectivity index (χ3n) is 4.06. The van der Waals surface area contributed by atoms with Gasteiger partial charge < -0.3 is 10.1 Å². The molecule has 1 aliphatic heterocycles. The lowest BCUT2D eigenvalue weighted by Gasteiger charge is -2.46. The average molecular weight is 262 g/mol. The summed E-state index contributed by atoms with van der Waals surface area (Å²) in [5.74, 6) is 0. The van der Waals surface area contributed by atoms with E-state index in [1.807, 2.05) is 0 Å². The standard InChI is InChI=1S/C13H24F2N2O/c14-12(15)10-18-9-8-17-7-6-16-13(11-17)4-2-1-3-5-13/h12,16H,1-11H2. The predicted molar refractivity (Wildman–Crippen MR) is 67.1 cm³/mol. The van der Waals surface area contributed by atoms with Gasteiger partial charge in [0, 0.05) is 31.7 Å². The molecule has 106 valence electrons. The van der Waals surface area contributed by atoms with Crippen molar-refractivity contribution in [2.45, 2.75) is 44.1 Å². The molecule has 0 atom stereocenters. The fourth-order valence-electron chi connectivity index (χ4n) is 3.16. The molecule has 1 aliphatic carbocycles. The molecule has 1 N–H and O–H groups in total. The van der Waals surface area contributed by atoms with Crippen LogP contribution >= 0.6 is 0 Å². The minimum atomic E-state index is -2.35. The Morgan fingerprint density at radius 3 is 2.72 bits per heavy atom. The molecule has 2 aliphatic rings. The van der Waals surface area contributed by atoms with Crippen molar-refractivity contribution in [2.24, 2.45) is 0 Å². The summed E-state index contributed by atoms with van der Waals surface area (Å²) in [6, 6.07) is 0. The predicted octanol–water partition coefficient (Wildman–Crippen LogP) is 1.88. The van der Waals surface area contributed by atoms with Gasteiger partial charge >= 0.3 is 0 Å². The van der Waals surface area contributed by atoms with Crippen molar-refractivity contribution in [2.75, 3.05) is 39.4 Å². The minimum Gasteiger partial charge on any atom is -0.374 e. The Bertz CT molecular complexity index is 240. The maximum absolute atomic E-state index is 11.9. The highest BCUT2D eigenvalue weighted by Crippen LogP contribution is 2.30. The molecule has 5 heteroatoms. The fourth-order valence-corrected chi connectivity index (χ4v) is 3.16. The van der Waals surface area contributed by atoms with Crippen molar-refractivity contribution in [1.29, 1.82) is 0 Å².